The Morgan fingerprint density at radius 1 is 1.29 bits per heavy atom. The van der Waals surface area contributed by atoms with Gasteiger partial charge in [0.15, 0.2) is 0 Å². The predicted octanol–water partition coefficient (Wildman–Crippen LogP) is 1.34. The highest BCUT2D eigenvalue weighted by Crippen LogP contribution is 2.39. The lowest BCUT2D eigenvalue weighted by atomic mass is 10.0. The van der Waals surface area contributed by atoms with E-state index in [1.165, 1.54) is 10.4 Å². The van der Waals surface area contributed by atoms with Gasteiger partial charge in [0.25, 0.3) is 0 Å². The van der Waals surface area contributed by atoms with Gasteiger partial charge in [-0.25, -0.2) is 12.8 Å². The first-order valence-electron chi connectivity index (χ1n) is 6.92. The van der Waals surface area contributed by atoms with E-state index in [4.69, 9.17) is 11.0 Å². The number of benzene rings is 1. The van der Waals surface area contributed by atoms with Gasteiger partial charge in [-0.15, -0.1) is 0 Å². The molecule has 0 aliphatic carbocycles. The van der Waals surface area contributed by atoms with Crippen molar-refractivity contribution in [2.75, 3.05) is 0 Å². The fourth-order valence-corrected chi connectivity index (χ4v) is 5.36. The minimum absolute atomic E-state index is 0.0205. The van der Waals surface area contributed by atoms with Gasteiger partial charge in [-0.2, -0.15) is 9.57 Å². The second-order valence-corrected chi connectivity index (χ2v) is 7.55. The van der Waals surface area contributed by atoms with E-state index in [-0.39, 0.29) is 28.6 Å². The normalized spacial score (nSPS) is 29.3. The van der Waals surface area contributed by atoms with Crippen LogP contribution < -0.4 is 5.73 Å². The molecular formula is C14H16FN3O2S. The topological polar surface area (TPSA) is 87.2 Å². The largest absolute Gasteiger partial charge is 0.328 e. The Bertz CT molecular complexity index is 699. The van der Waals surface area contributed by atoms with Gasteiger partial charge in [0.05, 0.1) is 10.5 Å². The summed E-state index contributed by atoms with van der Waals surface area (Å²) in [5.74, 6) is -0.708. The average molecular weight is 309 g/mol. The molecule has 0 spiro atoms. The highest BCUT2D eigenvalue weighted by atomic mass is 32.2. The van der Waals surface area contributed by atoms with Crippen molar-refractivity contribution in [1.82, 2.24) is 4.31 Å². The van der Waals surface area contributed by atoms with Crippen molar-refractivity contribution in [3.05, 3.63) is 29.6 Å². The summed E-state index contributed by atoms with van der Waals surface area (Å²) in [6.07, 6.45) is 2.93. The van der Waals surface area contributed by atoms with Crippen molar-refractivity contribution in [2.45, 2.75) is 48.7 Å². The van der Waals surface area contributed by atoms with Crippen LogP contribution in [0.1, 0.15) is 31.2 Å². The van der Waals surface area contributed by atoms with Gasteiger partial charge in [-0.05, 0) is 43.9 Å². The van der Waals surface area contributed by atoms with E-state index in [2.05, 4.69) is 0 Å². The fourth-order valence-electron chi connectivity index (χ4n) is 3.44. The van der Waals surface area contributed by atoms with Gasteiger partial charge in [0.2, 0.25) is 10.0 Å². The summed E-state index contributed by atoms with van der Waals surface area (Å²) in [5, 5.41) is 8.86. The zero-order chi connectivity index (χ0) is 15.2. The maximum atomic E-state index is 13.4. The first kappa shape index (κ1) is 14.4. The number of hydrogen-bond acceptors (Lipinski definition) is 4. The van der Waals surface area contributed by atoms with E-state index in [0.29, 0.717) is 12.8 Å². The van der Waals surface area contributed by atoms with E-state index in [1.807, 2.05) is 0 Å². The van der Waals surface area contributed by atoms with Crippen molar-refractivity contribution in [1.29, 1.82) is 5.26 Å². The standard InChI is InChI=1S/C14H16FN3O2S/c15-14-4-3-13(5-9(14)8-16)21(19,20)18-11-1-2-12(18)7-10(17)6-11/h3-5,10-12H,1-2,6-7,17H2. The Morgan fingerprint density at radius 3 is 2.48 bits per heavy atom. The molecule has 1 aromatic rings. The molecule has 1 aromatic carbocycles. The second kappa shape index (κ2) is 5.05. The molecule has 0 aromatic heterocycles. The van der Waals surface area contributed by atoms with Crippen molar-refractivity contribution in [3.8, 4) is 6.07 Å². The second-order valence-electron chi connectivity index (χ2n) is 5.70. The lowest BCUT2D eigenvalue weighted by Crippen LogP contribution is -2.49. The summed E-state index contributed by atoms with van der Waals surface area (Å²) in [4.78, 5) is -0.0205. The zero-order valence-electron chi connectivity index (χ0n) is 11.4. The summed E-state index contributed by atoms with van der Waals surface area (Å²) >= 11 is 0. The number of halogens is 1. The lowest BCUT2D eigenvalue weighted by Gasteiger charge is -2.36. The van der Waals surface area contributed by atoms with Crippen molar-refractivity contribution in [3.63, 3.8) is 0 Å². The summed E-state index contributed by atoms with van der Waals surface area (Å²) in [7, 11) is -3.71. The predicted molar refractivity (Wildman–Crippen MR) is 74.2 cm³/mol. The number of rotatable bonds is 2. The maximum absolute atomic E-state index is 13.4. The molecule has 2 aliphatic heterocycles. The van der Waals surface area contributed by atoms with Crippen LogP contribution in [0.25, 0.3) is 0 Å². The molecule has 3 rings (SSSR count). The van der Waals surface area contributed by atoms with E-state index in [1.54, 1.807) is 6.07 Å². The molecule has 0 saturated carbocycles. The van der Waals surface area contributed by atoms with E-state index >= 15 is 0 Å². The van der Waals surface area contributed by atoms with Crippen LogP contribution in [0.4, 0.5) is 4.39 Å². The van der Waals surface area contributed by atoms with E-state index in [0.717, 1.165) is 25.0 Å². The van der Waals surface area contributed by atoms with Gasteiger partial charge >= 0.3 is 0 Å². The molecule has 2 bridgehead atoms. The molecule has 2 saturated heterocycles. The molecule has 2 N–H and O–H groups in total. The Balaban J connectivity index is 2.00. The number of hydrogen-bond donors (Lipinski definition) is 1. The van der Waals surface area contributed by atoms with E-state index < -0.39 is 15.8 Å². The Kier molecular flexibility index (Phi) is 3.48. The van der Waals surface area contributed by atoms with Crippen LogP contribution in [0.15, 0.2) is 23.1 Å². The number of nitriles is 1. The molecular weight excluding hydrogens is 293 g/mol. The fraction of sp³-hybridized carbons (Fsp3) is 0.500. The summed E-state index contributed by atoms with van der Waals surface area (Å²) in [6.45, 7) is 0. The van der Waals surface area contributed by atoms with Crippen LogP contribution >= 0.6 is 0 Å². The first-order valence-corrected chi connectivity index (χ1v) is 8.36. The SMILES string of the molecule is N#Cc1cc(S(=O)(=O)N2C3CCC2CC(N)C3)ccc1F. The third kappa shape index (κ3) is 2.33. The Labute approximate surface area is 123 Å². The third-order valence-electron chi connectivity index (χ3n) is 4.34. The van der Waals surface area contributed by atoms with E-state index in [9.17, 15) is 12.8 Å². The van der Waals surface area contributed by atoms with Crippen LogP contribution in [-0.4, -0.2) is 30.8 Å². The molecule has 2 fully saturated rings. The molecule has 5 nitrogen and oxygen atoms in total. The highest BCUT2D eigenvalue weighted by Gasteiger charge is 2.46. The maximum Gasteiger partial charge on any atom is 0.243 e. The molecule has 21 heavy (non-hydrogen) atoms. The molecule has 112 valence electrons. The van der Waals surface area contributed by atoms with Crippen molar-refractivity contribution < 1.29 is 12.8 Å². The third-order valence-corrected chi connectivity index (χ3v) is 6.34. The summed E-state index contributed by atoms with van der Waals surface area (Å²) in [5.41, 5.74) is 5.70. The molecule has 2 atom stereocenters. The molecule has 0 amide bonds. The smallest absolute Gasteiger partial charge is 0.243 e. The molecule has 2 unspecified atom stereocenters. The Morgan fingerprint density at radius 2 is 1.90 bits per heavy atom. The van der Waals surface area contributed by atoms with Crippen LogP contribution in [0, 0.1) is 17.1 Å². The monoisotopic (exact) mass is 309 g/mol. The number of nitrogens with zero attached hydrogens (tertiary/aromatic N) is 2. The van der Waals surface area contributed by atoms with Crippen LogP contribution in [0.5, 0.6) is 0 Å². The van der Waals surface area contributed by atoms with Gasteiger partial charge in [-0.3, -0.25) is 0 Å². The van der Waals surface area contributed by atoms with Gasteiger partial charge in [0, 0.05) is 18.1 Å². The minimum atomic E-state index is -3.71. The first-order chi connectivity index (χ1) is 9.93. The lowest BCUT2D eigenvalue weighted by molar-refractivity contribution is 0.227. The van der Waals surface area contributed by atoms with Crippen LogP contribution in [-0.2, 0) is 10.0 Å². The number of nitrogens with two attached hydrogens (primary N) is 1. The number of piperidine rings is 1. The summed E-state index contributed by atoms with van der Waals surface area (Å²) in [6, 6.07) is 4.91. The highest BCUT2D eigenvalue weighted by molar-refractivity contribution is 7.89. The Hall–Kier alpha value is -1.49. The van der Waals surface area contributed by atoms with Crippen LogP contribution in [0.3, 0.4) is 0 Å². The van der Waals surface area contributed by atoms with Gasteiger partial charge < -0.3 is 5.73 Å². The molecule has 2 heterocycles. The molecule has 7 heteroatoms. The average Bonchev–Trinajstić information content (AvgIpc) is 2.72. The van der Waals surface area contributed by atoms with Crippen molar-refractivity contribution in [2.24, 2.45) is 5.73 Å². The number of sulfonamides is 1. The van der Waals surface area contributed by atoms with Gasteiger partial charge in [0.1, 0.15) is 11.9 Å². The zero-order valence-corrected chi connectivity index (χ0v) is 12.2. The minimum Gasteiger partial charge on any atom is -0.328 e. The molecule has 2 aliphatic rings. The van der Waals surface area contributed by atoms with Crippen molar-refractivity contribution >= 4 is 10.0 Å². The molecule has 0 radical (unpaired) electrons. The van der Waals surface area contributed by atoms with Crippen LogP contribution in [0.2, 0.25) is 0 Å². The van der Waals surface area contributed by atoms with Gasteiger partial charge in [-0.1, -0.05) is 0 Å². The quantitative estimate of drug-likeness (QED) is 0.893. The number of fused-ring (bicyclic) bond motifs is 2. The summed E-state index contributed by atoms with van der Waals surface area (Å²) < 4.78 is 40.5.